The van der Waals surface area contributed by atoms with Crippen LogP contribution >= 0.6 is 0 Å². The van der Waals surface area contributed by atoms with E-state index in [-0.39, 0.29) is 5.91 Å². The molecule has 0 saturated carbocycles. The largest absolute Gasteiger partial charge is 0.399 e. The van der Waals surface area contributed by atoms with Crippen molar-refractivity contribution < 1.29 is 4.79 Å². The first kappa shape index (κ1) is 13.0. The van der Waals surface area contributed by atoms with Gasteiger partial charge < -0.3 is 16.8 Å². The average molecular weight is 255 g/mol. The summed E-state index contributed by atoms with van der Waals surface area (Å²) in [5.74, 6) is -0.157. The predicted octanol–water partition coefficient (Wildman–Crippen LogP) is 2.72. The second-order valence-corrected chi connectivity index (χ2v) is 4.60. The molecule has 19 heavy (non-hydrogen) atoms. The highest BCUT2D eigenvalue weighted by molar-refractivity contribution is 6.05. The highest BCUT2D eigenvalue weighted by Crippen LogP contribution is 2.19. The summed E-state index contributed by atoms with van der Waals surface area (Å²) in [5, 5.41) is 2.87. The Kier molecular flexibility index (Phi) is 3.42. The molecule has 0 spiro atoms. The molecule has 0 aliphatic carbocycles. The van der Waals surface area contributed by atoms with Crippen molar-refractivity contribution in [1.29, 1.82) is 0 Å². The molecule has 2 aromatic rings. The van der Waals surface area contributed by atoms with Gasteiger partial charge in [-0.1, -0.05) is 0 Å². The molecule has 5 N–H and O–H groups in total. The van der Waals surface area contributed by atoms with E-state index in [1.54, 1.807) is 30.3 Å². The molecular weight excluding hydrogens is 238 g/mol. The standard InChI is InChI=1S/C15H17N3O/c1-9-7-11(3-5-13(9)17)15(19)18-14-6-4-12(16)8-10(14)2/h3-8H,16-17H2,1-2H3,(H,18,19). The van der Waals surface area contributed by atoms with Crippen molar-refractivity contribution in [3.05, 3.63) is 53.1 Å². The zero-order valence-electron chi connectivity index (χ0n) is 11.0. The Morgan fingerprint density at radius 1 is 1.00 bits per heavy atom. The van der Waals surface area contributed by atoms with Crippen LogP contribution in [-0.2, 0) is 0 Å². The number of hydrogen-bond acceptors (Lipinski definition) is 3. The Morgan fingerprint density at radius 3 is 2.37 bits per heavy atom. The molecule has 0 radical (unpaired) electrons. The molecule has 1 amide bonds. The van der Waals surface area contributed by atoms with Crippen LogP contribution < -0.4 is 16.8 Å². The van der Waals surface area contributed by atoms with E-state index < -0.39 is 0 Å². The molecule has 0 bridgehead atoms. The maximum absolute atomic E-state index is 12.1. The van der Waals surface area contributed by atoms with Gasteiger partial charge in [-0.05, 0) is 61.4 Å². The fourth-order valence-electron chi connectivity index (χ4n) is 1.84. The van der Waals surface area contributed by atoms with E-state index in [0.717, 1.165) is 16.8 Å². The zero-order valence-corrected chi connectivity index (χ0v) is 11.0. The summed E-state index contributed by atoms with van der Waals surface area (Å²) in [6.07, 6.45) is 0. The molecule has 2 aromatic carbocycles. The molecule has 0 fully saturated rings. The summed E-state index contributed by atoms with van der Waals surface area (Å²) in [5.41, 5.74) is 15.9. The van der Waals surface area contributed by atoms with Crippen molar-refractivity contribution in [3.8, 4) is 0 Å². The van der Waals surface area contributed by atoms with Crippen molar-refractivity contribution >= 4 is 23.0 Å². The average Bonchev–Trinajstić information content (AvgIpc) is 2.36. The van der Waals surface area contributed by atoms with Crippen LogP contribution in [0.3, 0.4) is 0 Å². The van der Waals surface area contributed by atoms with Crippen LogP contribution in [0.25, 0.3) is 0 Å². The minimum absolute atomic E-state index is 0.157. The number of amides is 1. The maximum atomic E-state index is 12.1. The van der Waals surface area contributed by atoms with Gasteiger partial charge in [0.1, 0.15) is 0 Å². The van der Waals surface area contributed by atoms with Gasteiger partial charge in [-0.2, -0.15) is 0 Å². The van der Waals surface area contributed by atoms with Gasteiger partial charge in [0.05, 0.1) is 0 Å². The summed E-state index contributed by atoms with van der Waals surface area (Å²) >= 11 is 0. The van der Waals surface area contributed by atoms with Crippen molar-refractivity contribution in [1.82, 2.24) is 0 Å². The van der Waals surface area contributed by atoms with Crippen LogP contribution in [-0.4, -0.2) is 5.91 Å². The third kappa shape index (κ3) is 2.85. The van der Waals surface area contributed by atoms with E-state index in [4.69, 9.17) is 11.5 Å². The number of anilines is 3. The van der Waals surface area contributed by atoms with E-state index in [1.807, 2.05) is 19.9 Å². The number of aryl methyl sites for hydroxylation is 2. The topological polar surface area (TPSA) is 81.1 Å². The molecule has 0 unspecified atom stereocenters. The Morgan fingerprint density at radius 2 is 1.74 bits per heavy atom. The summed E-state index contributed by atoms with van der Waals surface area (Å²) in [4.78, 5) is 12.1. The number of hydrogen-bond donors (Lipinski definition) is 3. The Bertz CT molecular complexity index is 635. The van der Waals surface area contributed by atoms with Crippen molar-refractivity contribution in [2.75, 3.05) is 16.8 Å². The predicted molar refractivity (Wildman–Crippen MR) is 79.1 cm³/mol. The molecule has 2 rings (SSSR count). The molecule has 0 aromatic heterocycles. The lowest BCUT2D eigenvalue weighted by molar-refractivity contribution is 0.102. The highest BCUT2D eigenvalue weighted by Gasteiger charge is 2.08. The summed E-state index contributed by atoms with van der Waals surface area (Å²) in [6, 6.07) is 10.6. The second-order valence-electron chi connectivity index (χ2n) is 4.60. The van der Waals surface area contributed by atoms with E-state index in [1.165, 1.54) is 0 Å². The Hall–Kier alpha value is -2.49. The first-order chi connectivity index (χ1) is 8.97. The first-order valence-corrected chi connectivity index (χ1v) is 6.01. The quantitative estimate of drug-likeness (QED) is 0.722. The number of rotatable bonds is 2. The van der Waals surface area contributed by atoms with Gasteiger partial charge in [-0.3, -0.25) is 4.79 Å². The minimum Gasteiger partial charge on any atom is -0.399 e. The summed E-state index contributed by atoms with van der Waals surface area (Å²) < 4.78 is 0. The van der Waals surface area contributed by atoms with Crippen molar-refractivity contribution in [3.63, 3.8) is 0 Å². The fourth-order valence-corrected chi connectivity index (χ4v) is 1.84. The van der Waals surface area contributed by atoms with Gasteiger partial charge >= 0.3 is 0 Å². The molecule has 98 valence electrons. The lowest BCUT2D eigenvalue weighted by Crippen LogP contribution is -2.13. The number of carbonyl (C=O) groups excluding carboxylic acids is 1. The molecule has 0 heterocycles. The number of nitrogens with one attached hydrogen (secondary N) is 1. The van der Waals surface area contributed by atoms with Crippen LogP contribution in [0, 0.1) is 13.8 Å². The van der Waals surface area contributed by atoms with Crippen LogP contribution in [0.1, 0.15) is 21.5 Å². The smallest absolute Gasteiger partial charge is 0.255 e. The third-order valence-electron chi connectivity index (χ3n) is 3.03. The molecular formula is C15H17N3O. The van der Waals surface area contributed by atoms with Gasteiger partial charge in [0.15, 0.2) is 0 Å². The molecule has 4 nitrogen and oxygen atoms in total. The van der Waals surface area contributed by atoms with Gasteiger partial charge in [0.25, 0.3) is 5.91 Å². The number of nitrogens with two attached hydrogens (primary N) is 2. The van der Waals surface area contributed by atoms with E-state index >= 15 is 0 Å². The van der Waals surface area contributed by atoms with E-state index in [2.05, 4.69) is 5.32 Å². The van der Waals surface area contributed by atoms with Crippen molar-refractivity contribution in [2.24, 2.45) is 0 Å². The summed E-state index contributed by atoms with van der Waals surface area (Å²) in [7, 11) is 0. The van der Waals surface area contributed by atoms with Gasteiger partial charge in [0, 0.05) is 22.6 Å². The normalized spacial score (nSPS) is 10.2. The molecule has 0 atom stereocenters. The maximum Gasteiger partial charge on any atom is 0.255 e. The van der Waals surface area contributed by atoms with Crippen LogP contribution in [0.2, 0.25) is 0 Å². The van der Waals surface area contributed by atoms with E-state index in [9.17, 15) is 4.79 Å². The Labute approximate surface area is 112 Å². The van der Waals surface area contributed by atoms with Crippen LogP contribution in [0.15, 0.2) is 36.4 Å². The van der Waals surface area contributed by atoms with Crippen molar-refractivity contribution in [2.45, 2.75) is 13.8 Å². The molecule has 0 aliphatic heterocycles. The Balaban J connectivity index is 2.23. The molecule has 4 heteroatoms. The molecule has 0 aliphatic rings. The lowest BCUT2D eigenvalue weighted by atomic mass is 10.1. The monoisotopic (exact) mass is 255 g/mol. The van der Waals surface area contributed by atoms with E-state index in [0.29, 0.717) is 16.9 Å². The van der Waals surface area contributed by atoms with Crippen LogP contribution in [0.4, 0.5) is 17.1 Å². The van der Waals surface area contributed by atoms with Gasteiger partial charge in [-0.15, -0.1) is 0 Å². The second kappa shape index (κ2) is 5.02. The zero-order chi connectivity index (χ0) is 14.0. The SMILES string of the molecule is Cc1cc(C(=O)Nc2ccc(N)cc2C)ccc1N. The van der Waals surface area contributed by atoms with Gasteiger partial charge in [-0.25, -0.2) is 0 Å². The number of nitrogen functional groups attached to an aromatic ring is 2. The van der Waals surface area contributed by atoms with Gasteiger partial charge in [0.2, 0.25) is 0 Å². The minimum atomic E-state index is -0.157. The number of carbonyl (C=O) groups is 1. The first-order valence-electron chi connectivity index (χ1n) is 6.01. The van der Waals surface area contributed by atoms with Crippen LogP contribution in [0.5, 0.6) is 0 Å². The fraction of sp³-hybridized carbons (Fsp3) is 0.133. The summed E-state index contributed by atoms with van der Waals surface area (Å²) in [6.45, 7) is 3.78. The third-order valence-corrected chi connectivity index (χ3v) is 3.03. The molecule has 0 saturated heterocycles. The highest BCUT2D eigenvalue weighted by atomic mass is 16.1. The lowest BCUT2D eigenvalue weighted by Gasteiger charge is -2.10. The number of benzene rings is 2.